The van der Waals surface area contributed by atoms with Gasteiger partial charge in [0.2, 0.25) is 11.9 Å². The van der Waals surface area contributed by atoms with E-state index < -0.39 is 0 Å². The van der Waals surface area contributed by atoms with Crippen LogP contribution in [0.5, 0.6) is 0 Å². The van der Waals surface area contributed by atoms with Crippen LogP contribution in [0.15, 0.2) is 6.33 Å². The molecule has 1 aliphatic heterocycles. The van der Waals surface area contributed by atoms with Crippen molar-refractivity contribution < 1.29 is 4.79 Å². The van der Waals surface area contributed by atoms with Gasteiger partial charge in [0, 0.05) is 25.7 Å². The minimum atomic E-state index is 0.0718. The first-order valence-electron chi connectivity index (χ1n) is 6.27. The molecule has 1 unspecified atom stereocenters. The average molecular weight is 252 g/mol. The van der Waals surface area contributed by atoms with Crippen LogP contribution in [0.3, 0.4) is 0 Å². The van der Waals surface area contributed by atoms with Crippen molar-refractivity contribution in [1.29, 1.82) is 0 Å². The predicted molar refractivity (Wildman–Crippen MR) is 67.7 cm³/mol. The van der Waals surface area contributed by atoms with Crippen molar-refractivity contribution in [2.24, 2.45) is 0 Å². The van der Waals surface area contributed by atoms with E-state index in [-0.39, 0.29) is 18.4 Å². The summed E-state index contributed by atoms with van der Waals surface area (Å²) in [5.41, 5.74) is 5.42. The third kappa shape index (κ3) is 2.79. The van der Waals surface area contributed by atoms with Gasteiger partial charge in [-0.2, -0.15) is 0 Å². The number of rotatable bonds is 3. The van der Waals surface area contributed by atoms with E-state index in [2.05, 4.69) is 28.8 Å². The molecule has 1 aliphatic rings. The molecule has 0 bridgehead atoms. The number of nitrogens with zero attached hydrogens (tertiary/aromatic N) is 5. The summed E-state index contributed by atoms with van der Waals surface area (Å²) in [5.74, 6) is 0.273. The fraction of sp³-hybridized carbons (Fsp3) is 0.727. The average Bonchev–Trinajstić information content (AvgIpc) is 2.74. The number of aromatic nitrogens is 3. The molecule has 2 N–H and O–H groups in total. The van der Waals surface area contributed by atoms with Crippen LogP contribution in [0.25, 0.3) is 0 Å². The van der Waals surface area contributed by atoms with E-state index in [1.54, 1.807) is 0 Å². The summed E-state index contributed by atoms with van der Waals surface area (Å²) in [6.45, 7) is 8.02. The monoisotopic (exact) mass is 252 g/mol. The molecule has 2 rings (SSSR count). The molecular weight excluding hydrogens is 232 g/mol. The number of likely N-dealkylation sites (N-methyl/N-ethyl adjacent to an activating group) is 1. The van der Waals surface area contributed by atoms with Crippen molar-refractivity contribution in [3.8, 4) is 0 Å². The lowest BCUT2D eigenvalue weighted by Crippen LogP contribution is -2.54. The van der Waals surface area contributed by atoms with Gasteiger partial charge in [-0.3, -0.25) is 9.69 Å². The highest BCUT2D eigenvalue weighted by atomic mass is 16.2. The highest BCUT2D eigenvalue weighted by Crippen LogP contribution is 2.09. The number of carbonyl (C=O) groups excluding carboxylic acids is 1. The maximum absolute atomic E-state index is 12.1. The van der Waals surface area contributed by atoms with E-state index in [0.29, 0.717) is 6.04 Å². The molecule has 1 aromatic heterocycles. The maximum atomic E-state index is 12.1. The Labute approximate surface area is 107 Å². The van der Waals surface area contributed by atoms with E-state index in [4.69, 9.17) is 5.73 Å². The second-order valence-electron chi connectivity index (χ2n) is 4.62. The Kier molecular flexibility index (Phi) is 3.81. The van der Waals surface area contributed by atoms with Gasteiger partial charge >= 0.3 is 0 Å². The fourth-order valence-corrected chi connectivity index (χ4v) is 2.32. The molecule has 2 heterocycles. The van der Waals surface area contributed by atoms with Crippen LogP contribution >= 0.6 is 0 Å². The van der Waals surface area contributed by atoms with Crippen LogP contribution in [-0.4, -0.2) is 62.7 Å². The number of carbonyl (C=O) groups is 1. The lowest BCUT2D eigenvalue weighted by atomic mass is 10.2. The number of anilines is 1. The van der Waals surface area contributed by atoms with Gasteiger partial charge in [0.05, 0.1) is 0 Å². The predicted octanol–water partition coefficient (Wildman–Crippen LogP) is -0.587. The highest BCUT2D eigenvalue weighted by molar-refractivity contribution is 5.76. The zero-order valence-corrected chi connectivity index (χ0v) is 10.9. The number of hydrogen-bond acceptors (Lipinski definition) is 5. The minimum absolute atomic E-state index is 0.0718. The zero-order chi connectivity index (χ0) is 13.1. The molecule has 1 saturated heterocycles. The molecule has 0 aromatic carbocycles. The summed E-state index contributed by atoms with van der Waals surface area (Å²) in [4.78, 5) is 20.2. The van der Waals surface area contributed by atoms with Crippen LogP contribution in [-0.2, 0) is 11.3 Å². The minimum Gasteiger partial charge on any atom is -0.367 e. The fourth-order valence-electron chi connectivity index (χ4n) is 2.32. The van der Waals surface area contributed by atoms with Gasteiger partial charge in [-0.05, 0) is 13.5 Å². The van der Waals surface area contributed by atoms with E-state index in [0.717, 1.165) is 26.2 Å². The van der Waals surface area contributed by atoms with Crippen LogP contribution in [0, 0.1) is 0 Å². The Morgan fingerprint density at radius 2 is 2.33 bits per heavy atom. The quantitative estimate of drug-likeness (QED) is 0.778. The van der Waals surface area contributed by atoms with Gasteiger partial charge < -0.3 is 10.6 Å². The Morgan fingerprint density at radius 1 is 1.56 bits per heavy atom. The summed E-state index contributed by atoms with van der Waals surface area (Å²) in [5, 5.41) is 3.92. The van der Waals surface area contributed by atoms with Gasteiger partial charge in [-0.25, -0.2) is 9.67 Å². The molecule has 1 aromatic rings. The van der Waals surface area contributed by atoms with E-state index in [1.165, 1.54) is 11.0 Å². The molecule has 1 fully saturated rings. The second-order valence-corrected chi connectivity index (χ2v) is 4.62. The Hall–Kier alpha value is -1.63. The first kappa shape index (κ1) is 12.8. The molecule has 1 amide bonds. The highest BCUT2D eigenvalue weighted by Gasteiger charge is 2.25. The van der Waals surface area contributed by atoms with Crippen LogP contribution < -0.4 is 5.73 Å². The summed E-state index contributed by atoms with van der Waals surface area (Å²) < 4.78 is 1.48. The van der Waals surface area contributed by atoms with Gasteiger partial charge in [0.25, 0.3) is 0 Å². The van der Waals surface area contributed by atoms with Crippen LogP contribution in [0.2, 0.25) is 0 Å². The van der Waals surface area contributed by atoms with Crippen molar-refractivity contribution in [3.05, 3.63) is 6.33 Å². The number of nitrogens with two attached hydrogens (primary N) is 1. The standard InChI is InChI=1S/C11H20N6O/c1-3-15-4-5-16(6-9(15)2)10(18)7-17-8-13-11(12)14-17/h8-9H,3-7H2,1-2H3,(H2,12,14). The van der Waals surface area contributed by atoms with E-state index in [9.17, 15) is 4.79 Å². The number of hydrogen-bond donors (Lipinski definition) is 1. The molecule has 0 radical (unpaired) electrons. The lowest BCUT2D eigenvalue weighted by molar-refractivity contribution is -0.134. The first-order chi connectivity index (χ1) is 8.60. The van der Waals surface area contributed by atoms with Crippen molar-refractivity contribution in [3.63, 3.8) is 0 Å². The number of nitrogen functional groups attached to an aromatic ring is 1. The van der Waals surface area contributed by atoms with Crippen molar-refractivity contribution in [2.45, 2.75) is 26.4 Å². The largest absolute Gasteiger partial charge is 0.367 e. The zero-order valence-electron chi connectivity index (χ0n) is 10.9. The molecule has 18 heavy (non-hydrogen) atoms. The summed E-state index contributed by atoms with van der Waals surface area (Å²) in [6.07, 6.45) is 1.49. The van der Waals surface area contributed by atoms with Gasteiger partial charge in [0.15, 0.2) is 0 Å². The number of piperazine rings is 1. The molecule has 1 atom stereocenters. The van der Waals surface area contributed by atoms with E-state index in [1.807, 2.05) is 4.90 Å². The second kappa shape index (κ2) is 5.34. The van der Waals surface area contributed by atoms with Crippen molar-refractivity contribution in [1.82, 2.24) is 24.6 Å². The van der Waals surface area contributed by atoms with Crippen LogP contribution in [0.1, 0.15) is 13.8 Å². The smallest absolute Gasteiger partial charge is 0.244 e. The molecular formula is C11H20N6O. The maximum Gasteiger partial charge on any atom is 0.244 e. The summed E-state index contributed by atoms with van der Waals surface area (Å²) >= 11 is 0. The molecule has 7 heteroatoms. The topological polar surface area (TPSA) is 80.3 Å². The van der Waals surface area contributed by atoms with Gasteiger partial charge in [0.1, 0.15) is 12.9 Å². The Balaban J connectivity index is 1.90. The first-order valence-corrected chi connectivity index (χ1v) is 6.27. The van der Waals surface area contributed by atoms with E-state index >= 15 is 0 Å². The third-order valence-electron chi connectivity index (χ3n) is 3.38. The molecule has 0 aliphatic carbocycles. The Bertz CT molecular complexity index is 417. The Morgan fingerprint density at radius 3 is 2.89 bits per heavy atom. The third-order valence-corrected chi connectivity index (χ3v) is 3.38. The molecule has 7 nitrogen and oxygen atoms in total. The lowest BCUT2D eigenvalue weighted by Gasteiger charge is -2.39. The van der Waals surface area contributed by atoms with Gasteiger partial charge in [-0.15, -0.1) is 5.10 Å². The van der Waals surface area contributed by atoms with Crippen molar-refractivity contribution >= 4 is 11.9 Å². The molecule has 0 spiro atoms. The SMILES string of the molecule is CCN1CCN(C(=O)Cn2cnc(N)n2)CC1C. The molecule has 100 valence electrons. The summed E-state index contributed by atoms with van der Waals surface area (Å²) in [6, 6.07) is 0.411. The summed E-state index contributed by atoms with van der Waals surface area (Å²) in [7, 11) is 0. The van der Waals surface area contributed by atoms with Gasteiger partial charge in [-0.1, -0.05) is 6.92 Å². The normalized spacial score (nSPS) is 21.2. The van der Waals surface area contributed by atoms with Crippen LogP contribution in [0.4, 0.5) is 5.95 Å². The molecule has 0 saturated carbocycles. The van der Waals surface area contributed by atoms with Crippen molar-refractivity contribution in [2.75, 3.05) is 31.9 Å². The number of amides is 1.